The second kappa shape index (κ2) is 6.40. The number of hydrogen-bond donors (Lipinski definition) is 1. The lowest BCUT2D eigenvalue weighted by Crippen LogP contribution is -2.26. The van der Waals surface area contributed by atoms with Crippen molar-refractivity contribution in [3.05, 3.63) is 34.3 Å². The second-order valence-corrected chi connectivity index (χ2v) is 5.70. The smallest absolute Gasteiger partial charge is 0.335 e. The lowest BCUT2D eigenvalue weighted by atomic mass is 10.1. The van der Waals surface area contributed by atoms with Gasteiger partial charge in [0.05, 0.1) is 5.56 Å². The molecule has 0 saturated heterocycles. The van der Waals surface area contributed by atoms with E-state index in [0.717, 1.165) is 37.5 Å². The van der Waals surface area contributed by atoms with Gasteiger partial charge in [0, 0.05) is 18.1 Å². The normalized spacial score (nSPS) is 14.9. The number of benzene rings is 1. The van der Waals surface area contributed by atoms with Gasteiger partial charge < -0.3 is 5.11 Å². The highest BCUT2D eigenvalue weighted by Crippen LogP contribution is 2.30. The largest absolute Gasteiger partial charge is 0.478 e. The zero-order valence-electron chi connectivity index (χ0n) is 11.2. The molecular formula is C15H20ClNO2. The Balaban J connectivity index is 2.04. The van der Waals surface area contributed by atoms with E-state index in [9.17, 15) is 4.79 Å². The van der Waals surface area contributed by atoms with Crippen molar-refractivity contribution in [1.29, 1.82) is 0 Å². The van der Waals surface area contributed by atoms with E-state index >= 15 is 0 Å². The number of carbonyl (C=O) groups is 1. The molecule has 1 N–H and O–H groups in total. The Morgan fingerprint density at radius 2 is 2.21 bits per heavy atom. The molecule has 104 valence electrons. The van der Waals surface area contributed by atoms with Gasteiger partial charge in [0.2, 0.25) is 0 Å². The Hall–Kier alpha value is -1.06. The number of aromatic carboxylic acids is 1. The van der Waals surface area contributed by atoms with Crippen molar-refractivity contribution in [2.45, 2.75) is 32.7 Å². The minimum absolute atomic E-state index is 0.248. The summed E-state index contributed by atoms with van der Waals surface area (Å²) in [5.74, 6) is -0.0829. The average Bonchev–Trinajstić information content (AvgIpc) is 3.15. The highest BCUT2D eigenvalue weighted by Gasteiger charge is 2.24. The summed E-state index contributed by atoms with van der Waals surface area (Å²) in [4.78, 5) is 13.3. The fourth-order valence-corrected chi connectivity index (χ4v) is 2.51. The van der Waals surface area contributed by atoms with Crippen molar-refractivity contribution in [3.63, 3.8) is 0 Å². The summed E-state index contributed by atoms with van der Waals surface area (Å²) in [5.41, 5.74) is 1.26. The molecule has 0 amide bonds. The molecule has 2 rings (SSSR count). The maximum absolute atomic E-state index is 10.9. The van der Waals surface area contributed by atoms with Crippen LogP contribution in [0.5, 0.6) is 0 Å². The van der Waals surface area contributed by atoms with Crippen LogP contribution in [0.15, 0.2) is 18.2 Å². The van der Waals surface area contributed by atoms with Crippen LogP contribution in [-0.2, 0) is 6.54 Å². The van der Waals surface area contributed by atoms with Crippen LogP contribution in [0, 0.1) is 5.92 Å². The third-order valence-corrected chi connectivity index (χ3v) is 3.80. The molecule has 1 fully saturated rings. The maximum Gasteiger partial charge on any atom is 0.335 e. The van der Waals surface area contributed by atoms with Gasteiger partial charge >= 0.3 is 5.97 Å². The van der Waals surface area contributed by atoms with E-state index in [2.05, 4.69) is 11.8 Å². The van der Waals surface area contributed by atoms with Crippen LogP contribution < -0.4 is 0 Å². The van der Waals surface area contributed by atoms with Crippen molar-refractivity contribution in [1.82, 2.24) is 4.90 Å². The number of hydrogen-bond acceptors (Lipinski definition) is 2. The van der Waals surface area contributed by atoms with Crippen LogP contribution in [0.3, 0.4) is 0 Å². The van der Waals surface area contributed by atoms with E-state index in [0.29, 0.717) is 5.02 Å². The molecule has 0 radical (unpaired) electrons. The quantitative estimate of drug-likeness (QED) is 0.829. The fourth-order valence-electron chi connectivity index (χ4n) is 2.27. The van der Waals surface area contributed by atoms with Gasteiger partial charge in [-0.2, -0.15) is 0 Å². The first-order valence-electron chi connectivity index (χ1n) is 6.84. The van der Waals surface area contributed by atoms with E-state index in [4.69, 9.17) is 16.7 Å². The van der Waals surface area contributed by atoms with E-state index < -0.39 is 5.97 Å². The molecule has 1 aromatic carbocycles. The lowest BCUT2D eigenvalue weighted by molar-refractivity contribution is 0.0697. The van der Waals surface area contributed by atoms with E-state index in [1.54, 1.807) is 12.1 Å². The molecule has 0 atom stereocenters. The predicted octanol–water partition coefficient (Wildman–Crippen LogP) is 3.66. The molecule has 0 heterocycles. The van der Waals surface area contributed by atoms with Crippen molar-refractivity contribution in [3.8, 4) is 0 Å². The summed E-state index contributed by atoms with van der Waals surface area (Å²) >= 11 is 6.18. The van der Waals surface area contributed by atoms with Crippen LogP contribution in [0.4, 0.5) is 0 Å². The summed E-state index contributed by atoms with van der Waals surface area (Å²) in [6, 6.07) is 5.01. The van der Waals surface area contributed by atoms with E-state index in [1.165, 1.54) is 12.8 Å². The molecule has 0 aromatic heterocycles. The van der Waals surface area contributed by atoms with E-state index in [-0.39, 0.29) is 5.56 Å². The first kappa shape index (κ1) is 14.4. The van der Waals surface area contributed by atoms with Crippen LogP contribution in [-0.4, -0.2) is 29.1 Å². The van der Waals surface area contributed by atoms with Crippen molar-refractivity contribution >= 4 is 17.6 Å². The van der Waals surface area contributed by atoms with Crippen LogP contribution >= 0.6 is 11.6 Å². The van der Waals surface area contributed by atoms with Gasteiger partial charge in [0.25, 0.3) is 0 Å². The van der Waals surface area contributed by atoms with Gasteiger partial charge in [0.15, 0.2) is 0 Å². The van der Waals surface area contributed by atoms with Gasteiger partial charge in [-0.25, -0.2) is 4.79 Å². The minimum Gasteiger partial charge on any atom is -0.478 e. The molecule has 1 aliphatic rings. The Bertz CT molecular complexity index is 457. The lowest BCUT2D eigenvalue weighted by Gasteiger charge is -2.22. The molecule has 0 bridgehead atoms. The Morgan fingerprint density at radius 3 is 2.74 bits per heavy atom. The maximum atomic E-state index is 10.9. The third-order valence-electron chi connectivity index (χ3n) is 3.45. The first-order chi connectivity index (χ1) is 9.10. The predicted molar refractivity (Wildman–Crippen MR) is 76.7 cm³/mol. The fraction of sp³-hybridized carbons (Fsp3) is 0.533. The summed E-state index contributed by atoms with van der Waals surface area (Å²) in [7, 11) is 0. The molecule has 0 spiro atoms. The number of halogens is 1. The van der Waals surface area contributed by atoms with Crippen LogP contribution in [0.1, 0.15) is 42.1 Å². The molecule has 3 nitrogen and oxygen atoms in total. The van der Waals surface area contributed by atoms with Gasteiger partial charge in [-0.3, -0.25) is 4.90 Å². The molecule has 1 saturated carbocycles. The molecule has 0 unspecified atom stereocenters. The Kier molecular flexibility index (Phi) is 4.83. The van der Waals surface area contributed by atoms with Crippen LogP contribution in [0.2, 0.25) is 5.02 Å². The summed E-state index contributed by atoms with van der Waals surface area (Å²) in [6.45, 7) is 5.18. The van der Waals surface area contributed by atoms with Gasteiger partial charge in [-0.1, -0.05) is 24.6 Å². The van der Waals surface area contributed by atoms with Gasteiger partial charge in [-0.15, -0.1) is 0 Å². The molecule has 4 heteroatoms. The highest BCUT2D eigenvalue weighted by molar-refractivity contribution is 6.31. The monoisotopic (exact) mass is 281 g/mol. The van der Waals surface area contributed by atoms with E-state index in [1.807, 2.05) is 6.07 Å². The summed E-state index contributed by atoms with van der Waals surface area (Å²) < 4.78 is 0. The second-order valence-electron chi connectivity index (χ2n) is 5.29. The highest BCUT2D eigenvalue weighted by atomic mass is 35.5. The van der Waals surface area contributed by atoms with Crippen molar-refractivity contribution in [2.75, 3.05) is 13.1 Å². The number of carboxylic acid groups (broad SMARTS) is 1. The molecular weight excluding hydrogens is 262 g/mol. The third kappa shape index (κ3) is 4.22. The summed E-state index contributed by atoms with van der Waals surface area (Å²) in [6.07, 6.45) is 3.80. The average molecular weight is 282 g/mol. The van der Waals surface area contributed by atoms with Gasteiger partial charge in [0.1, 0.15) is 0 Å². The summed E-state index contributed by atoms with van der Waals surface area (Å²) in [5, 5.41) is 9.48. The zero-order valence-corrected chi connectivity index (χ0v) is 12.0. The molecule has 1 aliphatic carbocycles. The van der Waals surface area contributed by atoms with Crippen molar-refractivity contribution < 1.29 is 9.90 Å². The Morgan fingerprint density at radius 1 is 1.47 bits per heavy atom. The number of carboxylic acids is 1. The standard InChI is InChI=1S/C15H20ClNO2/c1-2-7-17(9-11-3-4-11)10-13-6-5-12(15(18)19)8-14(13)16/h5-6,8,11H,2-4,7,9-10H2,1H3,(H,18,19). The SMILES string of the molecule is CCCN(Cc1ccc(C(=O)O)cc1Cl)CC1CC1. The minimum atomic E-state index is -0.933. The number of rotatable bonds is 7. The molecule has 19 heavy (non-hydrogen) atoms. The van der Waals surface area contributed by atoms with Crippen molar-refractivity contribution in [2.24, 2.45) is 5.92 Å². The first-order valence-corrected chi connectivity index (χ1v) is 7.22. The van der Waals surface area contributed by atoms with Gasteiger partial charge in [-0.05, 0) is 49.4 Å². The zero-order chi connectivity index (χ0) is 13.8. The van der Waals surface area contributed by atoms with Crippen LogP contribution in [0.25, 0.3) is 0 Å². The molecule has 0 aliphatic heterocycles. The topological polar surface area (TPSA) is 40.5 Å². The molecule has 1 aromatic rings. The Labute approximate surface area is 119 Å². The number of nitrogens with zero attached hydrogens (tertiary/aromatic N) is 1.